The standard InChI is InChI=1S/C17H26F2N4O2/c1-2-14-20-6-10-22(14)11-15(24)23-9-3-16(25,13-23)12-21-7-4-17(18,19)5-8-21/h6,10,25H,2-5,7-9,11-13H2,1H3. The van der Waals surface area contributed by atoms with Crippen LogP contribution < -0.4 is 0 Å². The van der Waals surface area contributed by atoms with Crippen LogP contribution in [0.15, 0.2) is 12.4 Å². The van der Waals surface area contributed by atoms with Crippen molar-refractivity contribution in [2.24, 2.45) is 0 Å². The van der Waals surface area contributed by atoms with Crippen molar-refractivity contribution >= 4 is 5.91 Å². The Hall–Kier alpha value is -1.54. The maximum Gasteiger partial charge on any atom is 0.250 e. The molecule has 8 heteroatoms. The molecule has 1 N–H and O–H groups in total. The highest BCUT2D eigenvalue weighted by atomic mass is 19.3. The number of hydrogen-bond donors (Lipinski definition) is 1. The van der Waals surface area contributed by atoms with Gasteiger partial charge in [0.2, 0.25) is 5.91 Å². The van der Waals surface area contributed by atoms with Gasteiger partial charge >= 0.3 is 0 Å². The summed E-state index contributed by atoms with van der Waals surface area (Å²) < 4.78 is 28.3. The summed E-state index contributed by atoms with van der Waals surface area (Å²) in [6.45, 7) is 3.88. The summed E-state index contributed by atoms with van der Waals surface area (Å²) in [6.07, 6.45) is 4.38. The Bertz CT molecular complexity index is 612. The summed E-state index contributed by atoms with van der Waals surface area (Å²) in [7, 11) is 0. The Balaban J connectivity index is 1.52. The first kappa shape index (κ1) is 18.3. The van der Waals surface area contributed by atoms with E-state index < -0.39 is 11.5 Å². The second-order valence-electron chi connectivity index (χ2n) is 7.25. The minimum absolute atomic E-state index is 0.0474. The van der Waals surface area contributed by atoms with Crippen LogP contribution in [0.3, 0.4) is 0 Å². The highest BCUT2D eigenvalue weighted by Gasteiger charge is 2.42. The fraction of sp³-hybridized carbons (Fsp3) is 0.765. The van der Waals surface area contributed by atoms with Crippen molar-refractivity contribution in [2.45, 2.75) is 50.7 Å². The summed E-state index contributed by atoms with van der Waals surface area (Å²) in [4.78, 5) is 20.3. The zero-order valence-corrected chi connectivity index (χ0v) is 14.6. The number of hydrogen-bond acceptors (Lipinski definition) is 4. The van der Waals surface area contributed by atoms with Gasteiger partial charge in [-0.15, -0.1) is 0 Å². The van der Waals surface area contributed by atoms with E-state index in [-0.39, 0.29) is 44.9 Å². The Kier molecular flexibility index (Phi) is 5.11. The molecular formula is C17H26F2N4O2. The van der Waals surface area contributed by atoms with E-state index in [1.807, 2.05) is 16.4 Å². The number of halogens is 2. The van der Waals surface area contributed by atoms with Crippen molar-refractivity contribution in [1.82, 2.24) is 19.4 Å². The van der Waals surface area contributed by atoms with Crippen LogP contribution >= 0.6 is 0 Å². The minimum atomic E-state index is -2.58. The number of carbonyl (C=O) groups excluding carboxylic acids is 1. The number of likely N-dealkylation sites (tertiary alicyclic amines) is 2. The summed E-state index contributed by atoms with van der Waals surface area (Å²) in [5.41, 5.74) is -1.01. The predicted octanol–water partition coefficient (Wildman–Crippen LogP) is 1.14. The predicted molar refractivity (Wildman–Crippen MR) is 88.4 cm³/mol. The molecule has 0 radical (unpaired) electrons. The minimum Gasteiger partial charge on any atom is -0.387 e. The topological polar surface area (TPSA) is 61.6 Å². The lowest BCUT2D eigenvalue weighted by atomic mass is 10.00. The second kappa shape index (κ2) is 6.99. The average molecular weight is 356 g/mol. The molecule has 1 aromatic heterocycles. The van der Waals surface area contributed by atoms with Gasteiger partial charge in [-0.3, -0.25) is 9.69 Å². The zero-order valence-electron chi connectivity index (χ0n) is 14.6. The van der Waals surface area contributed by atoms with Crippen molar-refractivity contribution in [1.29, 1.82) is 0 Å². The molecule has 2 fully saturated rings. The van der Waals surface area contributed by atoms with Crippen molar-refractivity contribution in [3.05, 3.63) is 18.2 Å². The molecule has 6 nitrogen and oxygen atoms in total. The molecule has 25 heavy (non-hydrogen) atoms. The van der Waals surface area contributed by atoms with Crippen LogP contribution in [0.2, 0.25) is 0 Å². The third-order valence-electron chi connectivity index (χ3n) is 5.21. The number of β-amino-alcohol motifs (C(OH)–C–C–N with tert-alkyl or cyclic N) is 1. The van der Waals surface area contributed by atoms with Crippen LogP contribution in [0.5, 0.6) is 0 Å². The van der Waals surface area contributed by atoms with E-state index >= 15 is 0 Å². The molecule has 2 saturated heterocycles. The summed E-state index contributed by atoms with van der Waals surface area (Å²) in [6, 6.07) is 0. The third kappa shape index (κ3) is 4.36. The lowest BCUT2D eigenvalue weighted by Crippen LogP contribution is -2.49. The molecule has 0 aromatic carbocycles. The van der Waals surface area contributed by atoms with Crippen LogP contribution in [0, 0.1) is 0 Å². The first-order valence-electron chi connectivity index (χ1n) is 8.91. The van der Waals surface area contributed by atoms with E-state index in [2.05, 4.69) is 4.98 Å². The lowest BCUT2D eigenvalue weighted by molar-refractivity contribution is -0.132. The molecule has 2 aliphatic rings. The molecule has 1 unspecified atom stereocenters. The number of carbonyl (C=O) groups is 1. The highest BCUT2D eigenvalue weighted by molar-refractivity contribution is 5.76. The quantitative estimate of drug-likeness (QED) is 0.860. The molecule has 2 aliphatic heterocycles. The third-order valence-corrected chi connectivity index (χ3v) is 5.21. The van der Waals surface area contributed by atoms with Gasteiger partial charge in [-0.1, -0.05) is 6.92 Å². The number of imidazole rings is 1. The van der Waals surface area contributed by atoms with E-state index in [0.29, 0.717) is 19.5 Å². The van der Waals surface area contributed by atoms with E-state index in [4.69, 9.17) is 0 Å². The number of aromatic nitrogens is 2. The van der Waals surface area contributed by atoms with Crippen molar-refractivity contribution in [3.63, 3.8) is 0 Å². The summed E-state index contributed by atoms with van der Waals surface area (Å²) in [5.74, 6) is -1.77. The molecule has 1 aromatic rings. The molecular weight excluding hydrogens is 330 g/mol. The van der Waals surface area contributed by atoms with Gasteiger partial charge in [0, 0.05) is 57.8 Å². The van der Waals surface area contributed by atoms with Gasteiger partial charge < -0.3 is 14.6 Å². The van der Waals surface area contributed by atoms with Crippen molar-refractivity contribution in [2.75, 3.05) is 32.7 Å². The average Bonchev–Trinajstić information content (AvgIpc) is 3.16. The molecule has 1 amide bonds. The maximum absolute atomic E-state index is 13.2. The van der Waals surface area contributed by atoms with Crippen LogP contribution in [0.4, 0.5) is 8.78 Å². The lowest BCUT2D eigenvalue weighted by Gasteiger charge is -2.36. The fourth-order valence-electron chi connectivity index (χ4n) is 3.70. The van der Waals surface area contributed by atoms with Crippen molar-refractivity contribution in [3.8, 4) is 0 Å². The molecule has 0 saturated carbocycles. The van der Waals surface area contributed by atoms with Gasteiger partial charge in [-0.2, -0.15) is 0 Å². The van der Waals surface area contributed by atoms with E-state index in [0.717, 1.165) is 12.2 Å². The maximum atomic E-state index is 13.2. The zero-order chi connectivity index (χ0) is 18.1. The van der Waals surface area contributed by atoms with Gasteiger partial charge in [-0.05, 0) is 6.42 Å². The monoisotopic (exact) mass is 356 g/mol. The number of piperidine rings is 1. The van der Waals surface area contributed by atoms with E-state index in [1.165, 1.54) is 0 Å². The van der Waals surface area contributed by atoms with Gasteiger partial charge in [0.15, 0.2) is 0 Å². The molecule has 3 rings (SSSR count). The Morgan fingerprint density at radius 2 is 2.00 bits per heavy atom. The Morgan fingerprint density at radius 1 is 1.28 bits per heavy atom. The second-order valence-corrected chi connectivity index (χ2v) is 7.25. The number of nitrogens with zero attached hydrogens (tertiary/aromatic N) is 4. The fourth-order valence-corrected chi connectivity index (χ4v) is 3.70. The summed E-state index contributed by atoms with van der Waals surface area (Å²) in [5, 5.41) is 10.8. The Labute approximate surface area is 146 Å². The summed E-state index contributed by atoms with van der Waals surface area (Å²) >= 11 is 0. The normalized spacial score (nSPS) is 27.0. The van der Waals surface area contributed by atoms with Gasteiger partial charge in [0.25, 0.3) is 5.92 Å². The number of aliphatic hydroxyl groups is 1. The van der Waals surface area contributed by atoms with E-state index in [9.17, 15) is 18.7 Å². The number of rotatable bonds is 5. The van der Waals surface area contributed by atoms with Crippen LogP contribution in [0.25, 0.3) is 0 Å². The Morgan fingerprint density at radius 3 is 2.68 bits per heavy atom. The van der Waals surface area contributed by atoms with Crippen LogP contribution in [-0.2, 0) is 17.8 Å². The largest absolute Gasteiger partial charge is 0.387 e. The molecule has 140 valence electrons. The molecule has 0 bridgehead atoms. The van der Waals surface area contributed by atoms with Gasteiger partial charge in [0.1, 0.15) is 12.4 Å². The number of aryl methyl sites for hydroxylation is 1. The number of amides is 1. The van der Waals surface area contributed by atoms with Gasteiger partial charge in [0.05, 0.1) is 12.1 Å². The number of alkyl halides is 2. The van der Waals surface area contributed by atoms with E-state index in [1.54, 1.807) is 17.3 Å². The molecule has 1 atom stereocenters. The van der Waals surface area contributed by atoms with Gasteiger partial charge in [-0.25, -0.2) is 13.8 Å². The first-order valence-corrected chi connectivity index (χ1v) is 8.91. The van der Waals surface area contributed by atoms with Crippen molar-refractivity contribution < 1.29 is 18.7 Å². The molecule has 0 aliphatic carbocycles. The van der Waals surface area contributed by atoms with Crippen LogP contribution in [0.1, 0.15) is 32.0 Å². The highest BCUT2D eigenvalue weighted by Crippen LogP contribution is 2.30. The smallest absolute Gasteiger partial charge is 0.250 e. The van der Waals surface area contributed by atoms with Crippen LogP contribution in [-0.4, -0.2) is 74.6 Å². The molecule has 0 spiro atoms. The first-order chi connectivity index (χ1) is 11.8. The molecule has 3 heterocycles. The SMILES string of the molecule is CCc1nccn1CC(=O)N1CCC(O)(CN2CCC(F)(F)CC2)C1.